The lowest BCUT2D eigenvalue weighted by molar-refractivity contribution is 0.216. The fourth-order valence-electron chi connectivity index (χ4n) is 2.98. The molecule has 0 radical (unpaired) electrons. The average molecular weight is 345 g/mol. The highest BCUT2D eigenvalue weighted by molar-refractivity contribution is 7.80. The van der Waals surface area contributed by atoms with E-state index in [0.717, 1.165) is 36.8 Å². The summed E-state index contributed by atoms with van der Waals surface area (Å²) in [4.78, 5) is 2.45. The lowest BCUT2D eigenvalue weighted by atomic mass is 10.2. The normalized spacial score (nSPS) is 15.9. The molecule has 0 aliphatic carbocycles. The van der Waals surface area contributed by atoms with Crippen molar-refractivity contribution in [3.05, 3.63) is 48.4 Å². The molecule has 2 N–H and O–H groups in total. The largest absolute Gasteiger partial charge is 0.497 e. The smallest absolute Gasteiger partial charge is 0.170 e. The molecule has 0 amide bonds. The molecule has 1 aromatic carbocycles. The number of nitrogens with one attached hydrogen (secondary N) is 2. The van der Waals surface area contributed by atoms with Gasteiger partial charge in [-0.3, -0.25) is 4.90 Å². The number of hydrogen-bond donors (Lipinski definition) is 2. The van der Waals surface area contributed by atoms with Gasteiger partial charge in [0.25, 0.3) is 0 Å². The highest BCUT2D eigenvalue weighted by Gasteiger charge is 2.25. The second-order valence-electron chi connectivity index (χ2n) is 5.84. The second kappa shape index (κ2) is 8.17. The number of ether oxygens (including phenoxy) is 1. The van der Waals surface area contributed by atoms with Crippen molar-refractivity contribution in [1.82, 2.24) is 10.2 Å². The summed E-state index contributed by atoms with van der Waals surface area (Å²) in [5, 5.41) is 7.12. The van der Waals surface area contributed by atoms with Crippen LogP contribution in [0.4, 0.5) is 5.69 Å². The van der Waals surface area contributed by atoms with Crippen LogP contribution in [0.15, 0.2) is 47.1 Å². The molecule has 2 heterocycles. The predicted octanol–water partition coefficient (Wildman–Crippen LogP) is 3.41. The zero-order chi connectivity index (χ0) is 16.8. The molecule has 3 rings (SSSR count). The third kappa shape index (κ3) is 4.27. The van der Waals surface area contributed by atoms with Crippen LogP contribution in [0, 0.1) is 0 Å². The molecule has 0 unspecified atom stereocenters. The zero-order valence-electron chi connectivity index (χ0n) is 13.8. The Labute approximate surface area is 148 Å². The average Bonchev–Trinajstić information content (AvgIpc) is 3.30. The van der Waals surface area contributed by atoms with Crippen LogP contribution in [0.3, 0.4) is 0 Å². The Bertz CT molecular complexity index is 637. The van der Waals surface area contributed by atoms with Crippen molar-refractivity contribution in [2.75, 3.05) is 32.1 Å². The summed E-state index contributed by atoms with van der Waals surface area (Å²) in [5.74, 6) is 1.81. The lowest BCUT2D eigenvalue weighted by Gasteiger charge is -2.26. The number of benzene rings is 1. The first-order chi connectivity index (χ1) is 11.8. The number of nitrogens with zero attached hydrogens (tertiary/aromatic N) is 1. The summed E-state index contributed by atoms with van der Waals surface area (Å²) in [7, 11) is 1.65. The quantitative estimate of drug-likeness (QED) is 0.783. The minimum absolute atomic E-state index is 0.207. The van der Waals surface area contributed by atoms with Crippen LogP contribution in [0.25, 0.3) is 0 Å². The first-order valence-corrected chi connectivity index (χ1v) is 8.63. The van der Waals surface area contributed by atoms with Gasteiger partial charge < -0.3 is 19.8 Å². The van der Waals surface area contributed by atoms with E-state index in [1.807, 2.05) is 36.4 Å². The summed E-state index contributed by atoms with van der Waals surface area (Å²) < 4.78 is 10.8. The second-order valence-corrected chi connectivity index (χ2v) is 6.25. The summed E-state index contributed by atoms with van der Waals surface area (Å²) >= 11 is 5.42. The van der Waals surface area contributed by atoms with Gasteiger partial charge in [0.15, 0.2) is 5.11 Å². The van der Waals surface area contributed by atoms with Crippen LogP contribution in [0.5, 0.6) is 5.75 Å². The minimum Gasteiger partial charge on any atom is -0.497 e. The lowest BCUT2D eigenvalue weighted by Crippen LogP contribution is -2.38. The molecule has 128 valence electrons. The van der Waals surface area contributed by atoms with Gasteiger partial charge in [-0.05, 0) is 74.5 Å². The van der Waals surface area contributed by atoms with Crippen molar-refractivity contribution in [3.63, 3.8) is 0 Å². The SMILES string of the molecule is COc1ccc(NC(=S)NC[C@@H](c2ccco2)N2CCCC2)cc1. The van der Waals surface area contributed by atoms with Crippen LogP contribution < -0.4 is 15.4 Å². The summed E-state index contributed by atoms with van der Waals surface area (Å²) in [6.45, 7) is 2.92. The monoisotopic (exact) mass is 345 g/mol. The maximum atomic E-state index is 5.62. The Kier molecular flexibility index (Phi) is 5.72. The predicted molar refractivity (Wildman–Crippen MR) is 99.5 cm³/mol. The van der Waals surface area contributed by atoms with Crippen LogP contribution in [-0.4, -0.2) is 36.8 Å². The Balaban J connectivity index is 1.56. The van der Waals surface area contributed by atoms with Gasteiger partial charge in [-0.2, -0.15) is 0 Å². The highest BCUT2D eigenvalue weighted by atomic mass is 32.1. The molecule has 6 heteroatoms. The van der Waals surface area contributed by atoms with E-state index in [1.54, 1.807) is 13.4 Å². The molecule has 1 aromatic heterocycles. The molecule has 2 aromatic rings. The van der Waals surface area contributed by atoms with Gasteiger partial charge in [0.1, 0.15) is 11.5 Å². The zero-order valence-corrected chi connectivity index (χ0v) is 14.6. The molecule has 1 aliphatic heterocycles. The van der Waals surface area contributed by atoms with E-state index in [9.17, 15) is 0 Å². The number of anilines is 1. The molecular weight excluding hydrogens is 322 g/mol. The topological polar surface area (TPSA) is 49.7 Å². The van der Waals surface area contributed by atoms with E-state index in [-0.39, 0.29) is 6.04 Å². The molecular formula is C18H23N3O2S. The van der Waals surface area contributed by atoms with E-state index >= 15 is 0 Å². The van der Waals surface area contributed by atoms with Crippen LogP contribution in [0.1, 0.15) is 24.6 Å². The summed E-state index contributed by atoms with van der Waals surface area (Å²) in [6, 6.07) is 11.9. The molecule has 1 fully saturated rings. The molecule has 0 saturated carbocycles. The Hall–Kier alpha value is -2.05. The maximum absolute atomic E-state index is 5.62. The number of likely N-dealkylation sites (tertiary alicyclic amines) is 1. The van der Waals surface area contributed by atoms with E-state index in [1.165, 1.54) is 12.8 Å². The Morgan fingerprint density at radius 1 is 1.25 bits per heavy atom. The number of thiocarbonyl (C=S) groups is 1. The van der Waals surface area contributed by atoms with Gasteiger partial charge in [-0.15, -0.1) is 0 Å². The van der Waals surface area contributed by atoms with E-state index in [2.05, 4.69) is 15.5 Å². The molecule has 0 spiro atoms. The van der Waals surface area contributed by atoms with E-state index in [4.69, 9.17) is 21.4 Å². The van der Waals surface area contributed by atoms with Gasteiger partial charge >= 0.3 is 0 Å². The number of methoxy groups -OCH3 is 1. The molecule has 0 bridgehead atoms. The van der Waals surface area contributed by atoms with Crippen molar-refractivity contribution < 1.29 is 9.15 Å². The first kappa shape index (κ1) is 16.8. The van der Waals surface area contributed by atoms with Gasteiger partial charge in [-0.1, -0.05) is 0 Å². The summed E-state index contributed by atoms with van der Waals surface area (Å²) in [5.41, 5.74) is 0.934. The fourth-order valence-corrected chi connectivity index (χ4v) is 3.18. The van der Waals surface area contributed by atoms with Gasteiger partial charge in [0.2, 0.25) is 0 Å². The fraction of sp³-hybridized carbons (Fsp3) is 0.389. The summed E-state index contributed by atoms with van der Waals surface area (Å²) in [6.07, 6.45) is 4.21. The van der Waals surface area contributed by atoms with E-state index in [0.29, 0.717) is 5.11 Å². The van der Waals surface area contributed by atoms with Crippen LogP contribution >= 0.6 is 12.2 Å². The third-order valence-electron chi connectivity index (χ3n) is 4.26. The van der Waals surface area contributed by atoms with Gasteiger partial charge in [0, 0.05) is 12.2 Å². The van der Waals surface area contributed by atoms with Crippen LogP contribution in [0.2, 0.25) is 0 Å². The van der Waals surface area contributed by atoms with E-state index < -0.39 is 0 Å². The highest BCUT2D eigenvalue weighted by Crippen LogP contribution is 2.25. The number of furan rings is 1. The molecule has 5 nitrogen and oxygen atoms in total. The van der Waals surface area contributed by atoms with Crippen molar-refractivity contribution in [2.45, 2.75) is 18.9 Å². The van der Waals surface area contributed by atoms with Crippen LogP contribution in [-0.2, 0) is 0 Å². The van der Waals surface area contributed by atoms with Crippen molar-refractivity contribution in [1.29, 1.82) is 0 Å². The molecule has 1 saturated heterocycles. The van der Waals surface area contributed by atoms with Gasteiger partial charge in [-0.25, -0.2) is 0 Å². The standard InChI is InChI=1S/C18H23N3O2S/c1-22-15-8-6-14(7-9-15)20-18(24)19-13-16(17-5-4-12-23-17)21-10-2-3-11-21/h4-9,12,16H,2-3,10-11,13H2,1H3,(H2,19,20,24)/t16-/m0/s1. The Morgan fingerprint density at radius 2 is 2.00 bits per heavy atom. The van der Waals surface area contributed by atoms with Crippen molar-refractivity contribution in [3.8, 4) is 5.75 Å². The Morgan fingerprint density at radius 3 is 2.62 bits per heavy atom. The molecule has 1 atom stereocenters. The number of hydrogen-bond acceptors (Lipinski definition) is 4. The minimum atomic E-state index is 0.207. The molecule has 24 heavy (non-hydrogen) atoms. The van der Waals surface area contributed by atoms with Crippen molar-refractivity contribution >= 4 is 23.0 Å². The third-order valence-corrected chi connectivity index (χ3v) is 4.50. The number of rotatable bonds is 6. The van der Waals surface area contributed by atoms with Gasteiger partial charge in [0.05, 0.1) is 19.4 Å². The maximum Gasteiger partial charge on any atom is 0.170 e. The first-order valence-electron chi connectivity index (χ1n) is 8.22. The molecule has 1 aliphatic rings. The van der Waals surface area contributed by atoms with Crippen molar-refractivity contribution in [2.24, 2.45) is 0 Å².